The maximum absolute atomic E-state index is 12.8. The molecule has 2 aromatic rings. The van der Waals surface area contributed by atoms with Gasteiger partial charge in [-0.3, -0.25) is 9.59 Å². The van der Waals surface area contributed by atoms with Gasteiger partial charge in [0.05, 0.1) is 5.92 Å². The van der Waals surface area contributed by atoms with Crippen LogP contribution >= 0.6 is 0 Å². The lowest BCUT2D eigenvalue weighted by atomic mass is 9.94. The highest BCUT2D eigenvalue weighted by molar-refractivity contribution is 5.94. The van der Waals surface area contributed by atoms with Crippen molar-refractivity contribution in [1.82, 2.24) is 9.80 Å². The summed E-state index contributed by atoms with van der Waals surface area (Å²) in [7, 11) is 0. The molecule has 0 saturated carbocycles. The van der Waals surface area contributed by atoms with Crippen LogP contribution in [-0.2, 0) is 4.79 Å². The Morgan fingerprint density at radius 2 is 1.59 bits per heavy atom. The molecule has 1 aliphatic heterocycles. The maximum Gasteiger partial charge on any atom is 0.254 e. The Bertz CT molecular complexity index is 801. The summed E-state index contributed by atoms with van der Waals surface area (Å²) >= 11 is 0. The summed E-state index contributed by atoms with van der Waals surface area (Å²) in [5.74, 6) is -0.387. The summed E-state index contributed by atoms with van der Waals surface area (Å²) in [6.45, 7) is 3.75. The number of phenolic OH excluding ortho intramolecular Hbond substituents is 1. The molecule has 6 nitrogen and oxygen atoms in total. The fraction of sp³-hybridized carbons (Fsp3) is 0.333. The summed E-state index contributed by atoms with van der Waals surface area (Å²) in [5, 5.41) is 9.55. The third-order valence-corrected chi connectivity index (χ3v) is 5.08. The largest absolute Gasteiger partial charge is 0.508 e. The van der Waals surface area contributed by atoms with Crippen LogP contribution in [0.5, 0.6) is 5.75 Å². The van der Waals surface area contributed by atoms with Crippen molar-refractivity contribution in [2.45, 2.75) is 13.0 Å². The maximum atomic E-state index is 12.8. The predicted octanol–water partition coefficient (Wildman–Crippen LogP) is 2.01. The first-order chi connectivity index (χ1) is 13.0. The molecule has 2 unspecified atom stereocenters. The number of amides is 2. The monoisotopic (exact) mass is 367 g/mol. The third kappa shape index (κ3) is 4.28. The molecule has 0 spiro atoms. The van der Waals surface area contributed by atoms with Crippen molar-refractivity contribution in [3.8, 4) is 5.75 Å². The Kier molecular flexibility index (Phi) is 5.76. The lowest BCUT2D eigenvalue weighted by Crippen LogP contribution is -2.52. The minimum atomic E-state index is -0.356. The summed E-state index contributed by atoms with van der Waals surface area (Å²) in [4.78, 5) is 28.8. The van der Waals surface area contributed by atoms with Gasteiger partial charge in [0.25, 0.3) is 5.91 Å². The Balaban J connectivity index is 1.58. The number of phenols is 1. The number of nitrogens with two attached hydrogens (primary N) is 1. The van der Waals surface area contributed by atoms with E-state index in [1.807, 2.05) is 37.3 Å². The van der Waals surface area contributed by atoms with Gasteiger partial charge in [0.1, 0.15) is 5.75 Å². The number of benzene rings is 2. The second-order valence-electron chi connectivity index (χ2n) is 6.89. The van der Waals surface area contributed by atoms with Crippen LogP contribution in [0.3, 0.4) is 0 Å². The number of carbonyl (C=O) groups is 2. The van der Waals surface area contributed by atoms with E-state index in [1.54, 1.807) is 21.9 Å². The van der Waals surface area contributed by atoms with Crippen LogP contribution in [0.15, 0.2) is 54.6 Å². The van der Waals surface area contributed by atoms with E-state index in [0.717, 1.165) is 5.56 Å². The molecular formula is C21H25N3O3. The van der Waals surface area contributed by atoms with Gasteiger partial charge in [-0.05, 0) is 23.8 Å². The highest BCUT2D eigenvalue weighted by atomic mass is 16.3. The number of carbonyl (C=O) groups excluding carboxylic acids is 2. The molecule has 0 radical (unpaired) electrons. The van der Waals surface area contributed by atoms with E-state index in [0.29, 0.717) is 31.7 Å². The molecule has 0 bridgehead atoms. The zero-order valence-corrected chi connectivity index (χ0v) is 15.4. The van der Waals surface area contributed by atoms with Crippen LogP contribution in [0.1, 0.15) is 28.9 Å². The number of nitrogens with zero attached hydrogens (tertiary/aromatic N) is 2. The van der Waals surface area contributed by atoms with Crippen molar-refractivity contribution in [3.63, 3.8) is 0 Å². The Morgan fingerprint density at radius 3 is 2.22 bits per heavy atom. The number of piperazine rings is 1. The van der Waals surface area contributed by atoms with Crippen molar-refractivity contribution in [2.24, 2.45) is 11.7 Å². The van der Waals surface area contributed by atoms with Gasteiger partial charge < -0.3 is 20.6 Å². The minimum Gasteiger partial charge on any atom is -0.508 e. The average Bonchev–Trinajstić information content (AvgIpc) is 2.72. The fourth-order valence-corrected chi connectivity index (χ4v) is 3.36. The van der Waals surface area contributed by atoms with Crippen molar-refractivity contribution < 1.29 is 14.7 Å². The standard InChI is InChI=1S/C21H25N3O3/c1-15(19(22)16-6-3-2-4-7-16)20(26)23-10-12-24(13-11-23)21(27)17-8-5-9-18(25)14-17/h2-9,14-15,19,25H,10-13,22H2,1H3. The van der Waals surface area contributed by atoms with Crippen molar-refractivity contribution in [2.75, 3.05) is 26.2 Å². The van der Waals surface area contributed by atoms with Crippen LogP contribution < -0.4 is 5.73 Å². The quantitative estimate of drug-likeness (QED) is 0.865. The Labute approximate surface area is 159 Å². The van der Waals surface area contributed by atoms with E-state index < -0.39 is 0 Å². The van der Waals surface area contributed by atoms with Crippen LogP contribution in [-0.4, -0.2) is 52.9 Å². The molecule has 1 fully saturated rings. The zero-order valence-electron chi connectivity index (χ0n) is 15.4. The fourth-order valence-electron chi connectivity index (χ4n) is 3.36. The second-order valence-corrected chi connectivity index (χ2v) is 6.89. The van der Waals surface area contributed by atoms with E-state index in [1.165, 1.54) is 12.1 Å². The number of hydrogen-bond donors (Lipinski definition) is 2. The number of rotatable bonds is 4. The molecule has 27 heavy (non-hydrogen) atoms. The normalized spacial score (nSPS) is 16.7. The van der Waals surface area contributed by atoms with Gasteiger partial charge in [0.2, 0.25) is 5.91 Å². The second kappa shape index (κ2) is 8.22. The molecular weight excluding hydrogens is 342 g/mol. The van der Waals surface area contributed by atoms with Gasteiger partial charge in [0, 0.05) is 37.8 Å². The first kappa shape index (κ1) is 18.9. The van der Waals surface area contributed by atoms with Gasteiger partial charge in [-0.2, -0.15) is 0 Å². The van der Waals surface area contributed by atoms with Crippen LogP contribution in [0, 0.1) is 5.92 Å². The van der Waals surface area contributed by atoms with Crippen molar-refractivity contribution in [1.29, 1.82) is 0 Å². The van der Waals surface area contributed by atoms with Gasteiger partial charge in [-0.15, -0.1) is 0 Å². The number of aromatic hydroxyl groups is 1. The summed E-state index contributed by atoms with van der Waals surface area (Å²) < 4.78 is 0. The van der Waals surface area contributed by atoms with Crippen LogP contribution in [0.25, 0.3) is 0 Å². The summed E-state index contributed by atoms with van der Waals surface area (Å²) in [6, 6.07) is 15.6. The SMILES string of the molecule is CC(C(=O)N1CCN(C(=O)c2cccc(O)c2)CC1)C(N)c1ccccc1. The summed E-state index contributed by atoms with van der Waals surface area (Å²) in [6.07, 6.45) is 0. The predicted molar refractivity (Wildman–Crippen MR) is 103 cm³/mol. The molecule has 0 aromatic heterocycles. The molecule has 2 amide bonds. The molecule has 3 N–H and O–H groups in total. The van der Waals surface area contributed by atoms with Crippen LogP contribution in [0.4, 0.5) is 0 Å². The lowest BCUT2D eigenvalue weighted by molar-refractivity contribution is -0.137. The molecule has 3 rings (SSSR count). The highest BCUT2D eigenvalue weighted by Crippen LogP contribution is 2.22. The Morgan fingerprint density at radius 1 is 0.963 bits per heavy atom. The van der Waals surface area contributed by atoms with E-state index in [4.69, 9.17) is 5.73 Å². The lowest BCUT2D eigenvalue weighted by Gasteiger charge is -2.37. The molecule has 1 saturated heterocycles. The third-order valence-electron chi connectivity index (χ3n) is 5.08. The van der Waals surface area contributed by atoms with E-state index in [9.17, 15) is 14.7 Å². The Hall–Kier alpha value is -2.86. The molecule has 2 atom stereocenters. The van der Waals surface area contributed by atoms with Crippen LogP contribution in [0.2, 0.25) is 0 Å². The zero-order chi connectivity index (χ0) is 19.4. The van der Waals surface area contributed by atoms with Gasteiger partial charge in [-0.25, -0.2) is 0 Å². The first-order valence-electron chi connectivity index (χ1n) is 9.15. The van der Waals surface area contributed by atoms with Crippen molar-refractivity contribution in [3.05, 3.63) is 65.7 Å². The van der Waals surface area contributed by atoms with Gasteiger partial charge in [0.15, 0.2) is 0 Å². The average molecular weight is 367 g/mol. The topological polar surface area (TPSA) is 86.9 Å². The van der Waals surface area contributed by atoms with Gasteiger partial charge in [-0.1, -0.05) is 43.3 Å². The molecule has 6 heteroatoms. The first-order valence-corrected chi connectivity index (χ1v) is 9.15. The minimum absolute atomic E-state index is 0.0100. The van der Waals surface area contributed by atoms with E-state index >= 15 is 0 Å². The van der Waals surface area contributed by atoms with E-state index in [2.05, 4.69) is 0 Å². The molecule has 1 heterocycles. The molecule has 2 aromatic carbocycles. The smallest absolute Gasteiger partial charge is 0.254 e. The molecule has 0 aliphatic carbocycles. The van der Waals surface area contributed by atoms with E-state index in [-0.39, 0.29) is 29.5 Å². The molecule has 142 valence electrons. The van der Waals surface area contributed by atoms with Crippen molar-refractivity contribution >= 4 is 11.8 Å². The number of hydrogen-bond acceptors (Lipinski definition) is 4. The summed E-state index contributed by atoms with van der Waals surface area (Å²) in [5.41, 5.74) is 7.67. The molecule has 1 aliphatic rings. The highest BCUT2D eigenvalue weighted by Gasteiger charge is 2.30. The van der Waals surface area contributed by atoms with Gasteiger partial charge >= 0.3 is 0 Å².